The molecule has 28 heavy (non-hydrogen) atoms. The van der Waals surface area contributed by atoms with E-state index in [1.807, 2.05) is 0 Å². The first-order chi connectivity index (χ1) is 13.5. The molecule has 7 nitrogen and oxygen atoms in total. The van der Waals surface area contributed by atoms with Gasteiger partial charge in [-0.2, -0.15) is 0 Å². The minimum atomic E-state index is -0.354. The van der Waals surface area contributed by atoms with Crippen molar-refractivity contribution in [2.24, 2.45) is 0 Å². The van der Waals surface area contributed by atoms with Crippen LogP contribution in [-0.4, -0.2) is 29.7 Å². The van der Waals surface area contributed by atoms with E-state index >= 15 is 0 Å². The highest BCUT2D eigenvalue weighted by Crippen LogP contribution is 2.29. The van der Waals surface area contributed by atoms with Crippen molar-refractivity contribution in [2.75, 3.05) is 14.2 Å². The Morgan fingerprint density at radius 2 is 1.93 bits per heavy atom. The average Bonchev–Trinajstić information content (AvgIpc) is 2.71. The molecule has 0 fully saturated rings. The summed E-state index contributed by atoms with van der Waals surface area (Å²) < 4.78 is 25.0. The summed E-state index contributed by atoms with van der Waals surface area (Å²) in [5.74, 6) is 0.312. The number of hydrogen-bond donors (Lipinski definition) is 1. The van der Waals surface area contributed by atoms with Crippen molar-refractivity contribution >= 4 is 16.8 Å². The van der Waals surface area contributed by atoms with Crippen LogP contribution in [0.3, 0.4) is 0 Å². The minimum absolute atomic E-state index is 0.0930. The Bertz CT molecular complexity index is 1060. The van der Waals surface area contributed by atoms with E-state index in [1.165, 1.54) is 37.2 Å². The number of aryl methyl sites for hydroxylation is 1. The highest BCUT2D eigenvalue weighted by molar-refractivity contribution is 5.81. The molecule has 0 aliphatic rings. The summed E-state index contributed by atoms with van der Waals surface area (Å²) in [7, 11) is 2.99. The summed E-state index contributed by atoms with van der Waals surface area (Å²) >= 11 is 0. The molecule has 0 atom stereocenters. The maximum absolute atomic E-state index is 13.2. The third kappa shape index (κ3) is 4.28. The molecule has 0 bridgehead atoms. The van der Waals surface area contributed by atoms with E-state index in [4.69, 9.17) is 9.47 Å². The number of ether oxygens (including phenoxy) is 2. The van der Waals surface area contributed by atoms with Crippen molar-refractivity contribution in [3.63, 3.8) is 0 Å². The largest absolute Gasteiger partial charge is 0.493 e. The second kappa shape index (κ2) is 8.51. The van der Waals surface area contributed by atoms with E-state index in [0.29, 0.717) is 28.0 Å². The molecule has 2 aromatic carbocycles. The molecule has 1 aromatic heterocycles. The Labute approximate surface area is 160 Å². The number of amides is 1. The van der Waals surface area contributed by atoms with E-state index < -0.39 is 0 Å². The van der Waals surface area contributed by atoms with Gasteiger partial charge < -0.3 is 14.8 Å². The highest BCUT2D eigenvalue weighted by atomic mass is 19.1. The Morgan fingerprint density at radius 1 is 1.18 bits per heavy atom. The zero-order chi connectivity index (χ0) is 20.1. The Kier molecular flexibility index (Phi) is 5.88. The van der Waals surface area contributed by atoms with Gasteiger partial charge in [-0.3, -0.25) is 14.2 Å². The van der Waals surface area contributed by atoms with Crippen LogP contribution in [0.1, 0.15) is 12.0 Å². The number of rotatable bonds is 7. The van der Waals surface area contributed by atoms with Crippen molar-refractivity contribution in [3.05, 3.63) is 64.5 Å². The SMILES string of the molecule is COc1cc2ncn(CCC(=O)NCc3cccc(F)c3)c(=O)c2cc1OC. The Hall–Kier alpha value is -3.42. The number of methoxy groups -OCH3 is 2. The number of hydrogen-bond acceptors (Lipinski definition) is 5. The van der Waals surface area contributed by atoms with Gasteiger partial charge >= 0.3 is 0 Å². The molecule has 0 aliphatic heterocycles. The van der Waals surface area contributed by atoms with Crippen molar-refractivity contribution in [1.82, 2.24) is 14.9 Å². The number of carbonyl (C=O) groups is 1. The van der Waals surface area contributed by atoms with Crippen LogP contribution in [0.5, 0.6) is 11.5 Å². The molecular weight excluding hydrogens is 365 g/mol. The van der Waals surface area contributed by atoms with Crippen LogP contribution in [0.2, 0.25) is 0 Å². The van der Waals surface area contributed by atoms with E-state index in [1.54, 1.807) is 24.3 Å². The zero-order valence-electron chi connectivity index (χ0n) is 15.6. The third-order valence-electron chi connectivity index (χ3n) is 4.29. The van der Waals surface area contributed by atoms with E-state index in [2.05, 4.69) is 10.3 Å². The van der Waals surface area contributed by atoms with Gasteiger partial charge in [0, 0.05) is 25.6 Å². The summed E-state index contributed by atoms with van der Waals surface area (Å²) in [4.78, 5) is 29.0. The van der Waals surface area contributed by atoms with Crippen molar-refractivity contribution in [2.45, 2.75) is 19.5 Å². The average molecular weight is 385 g/mol. The molecule has 1 N–H and O–H groups in total. The summed E-state index contributed by atoms with van der Waals surface area (Å²) in [6, 6.07) is 9.22. The van der Waals surface area contributed by atoms with Crippen LogP contribution in [0, 0.1) is 5.82 Å². The van der Waals surface area contributed by atoms with Crippen LogP contribution in [0.25, 0.3) is 10.9 Å². The quantitative estimate of drug-likeness (QED) is 0.675. The number of benzene rings is 2. The number of halogens is 1. The molecule has 1 amide bonds. The highest BCUT2D eigenvalue weighted by Gasteiger charge is 2.12. The lowest BCUT2D eigenvalue weighted by molar-refractivity contribution is -0.121. The maximum atomic E-state index is 13.2. The first kappa shape index (κ1) is 19.3. The number of nitrogens with zero attached hydrogens (tertiary/aromatic N) is 2. The van der Waals surface area contributed by atoms with Gasteiger partial charge in [0.1, 0.15) is 5.82 Å². The monoisotopic (exact) mass is 385 g/mol. The van der Waals surface area contributed by atoms with Gasteiger partial charge in [0.25, 0.3) is 5.56 Å². The molecule has 0 saturated carbocycles. The van der Waals surface area contributed by atoms with Gasteiger partial charge in [-0.1, -0.05) is 12.1 Å². The normalized spacial score (nSPS) is 10.7. The predicted octanol–water partition coefficient (Wildman–Crippen LogP) is 2.26. The molecule has 3 rings (SSSR count). The van der Waals surface area contributed by atoms with E-state index in [9.17, 15) is 14.0 Å². The smallest absolute Gasteiger partial charge is 0.261 e. The van der Waals surface area contributed by atoms with Gasteiger partial charge in [-0.25, -0.2) is 9.37 Å². The second-order valence-electron chi connectivity index (χ2n) is 6.12. The lowest BCUT2D eigenvalue weighted by atomic mass is 10.2. The van der Waals surface area contributed by atoms with Crippen molar-refractivity contribution < 1.29 is 18.7 Å². The van der Waals surface area contributed by atoms with Crippen LogP contribution in [0.4, 0.5) is 4.39 Å². The van der Waals surface area contributed by atoms with Gasteiger partial charge in [0.15, 0.2) is 11.5 Å². The van der Waals surface area contributed by atoms with Gasteiger partial charge in [-0.05, 0) is 23.8 Å². The molecule has 0 radical (unpaired) electrons. The maximum Gasteiger partial charge on any atom is 0.261 e. The van der Waals surface area contributed by atoms with Crippen LogP contribution < -0.4 is 20.3 Å². The topological polar surface area (TPSA) is 82.5 Å². The molecule has 8 heteroatoms. The summed E-state index contributed by atoms with van der Waals surface area (Å²) in [6.07, 6.45) is 1.49. The zero-order valence-corrected chi connectivity index (χ0v) is 15.6. The minimum Gasteiger partial charge on any atom is -0.493 e. The second-order valence-corrected chi connectivity index (χ2v) is 6.12. The number of carbonyl (C=O) groups excluding carboxylic acids is 1. The number of aromatic nitrogens is 2. The molecule has 0 saturated heterocycles. The summed E-state index contributed by atoms with van der Waals surface area (Å²) in [5, 5.41) is 3.08. The molecular formula is C20H20FN3O4. The fourth-order valence-electron chi connectivity index (χ4n) is 2.80. The molecule has 0 unspecified atom stereocenters. The van der Waals surface area contributed by atoms with E-state index in [0.717, 1.165) is 0 Å². The van der Waals surface area contributed by atoms with Gasteiger partial charge in [0.2, 0.25) is 5.91 Å². The standard InChI is InChI=1S/C20H20FN3O4/c1-27-17-9-15-16(10-18(17)28-2)23-12-24(20(15)26)7-6-19(25)22-11-13-4-3-5-14(21)8-13/h3-5,8-10,12H,6-7,11H2,1-2H3,(H,22,25). The molecule has 1 heterocycles. The molecule has 0 spiro atoms. The van der Waals surface area contributed by atoms with Crippen LogP contribution >= 0.6 is 0 Å². The summed E-state index contributed by atoms with van der Waals surface area (Å²) in [6.45, 7) is 0.392. The molecule has 146 valence electrons. The van der Waals surface area contributed by atoms with Gasteiger partial charge in [-0.15, -0.1) is 0 Å². The summed E-state index contributed by atoms with van der Waals surface area (Å²) in [5.41, 5.74) is 0.872. The molecule has 3 aromatic rings. The van der Waals surface area contributed by atoms with Crippen molar-refractivity contribution in [1.29, 1.82) is 0 Å². The Balaban J connectivity index is 1.69. The van der Waals surface area contributed by atoms with Crippen molar-refractivity contribution in [3.8, 4) is 11.5 Å². The van der Waals surface area contributed by atoms with E-state index in [-0.39, 0.29) is 36.8 Å². The lowest BCUT2D eigenvalue weighted by Gasteiger charge is -2.11. The number of nitrogens with one attached hydrogen (secondary N) is 1. The number of fused-ring (bicyclic) bond motifs is 1. The van der Waals surface area contributed by atoms with Crippen LogP contribution in [0.15, 0.2) is 47.5 Å². The first-order valence-corrected chi connectivity index (χ1v) is 8.64. The van der Waals surface area contributed by atoms with Gasteiger partial charge in [0.05, 0.1) is 31.4 Å². The predicted molar refractivity (Wildman–Crippen MR) is 102 cm³/mol. The fourth-order valence-corrected chi connectivity index (χ4v) is 2.80. The first-order valence-electron chi connectivity index (χ1n) is 8.64. The van der Waals surface area contributed by atoms with Crippen LogP contribution in [-0.2, 0) is 17.9 Å². The fraction of sp³-hybridized carbons (Fsp3) is 0.250. The third-order valence-corrected chi connectivity index (χ3v) is 4.29. The molecule has 0 aliphatic carbocycles. The Morgan fingerprint density at radius 3 is 2.64 bits per heavy atom. The lowest BCUT2D eigenvalue weighted by Crippen LogP contribution is -2.27.